The van der Waals surface area contributed by atoms with Crippen molar-refractivity contribution in [3.05, 3.63) is 23.9 Å². The van der Waals surface area contributed by atoms with E-state index in [2.05, 4.69) is 22.3 Å². The van der Waals surface area contributed by atoms with Gasteiger partial charge in [0.25, 0.3) is 0 Å². The summed E-state index contributed by atoms with van der Waals surface area (Å²) in [6, 6.07) is 4.02. The summed E-state index contributed by atoms with van der Waals surface area (Å²) in [6.07, 6.45) is 4.24. The Balaban J connectivity index is 2.20. The van der Waals surface area contributed by atoms with Crippen molar-refractivity contribution in [2.75, 3.05) is 11.9 Å². The van der Waals surface area contributed by atoms with Gasteiger partial charge >= 0.3 is 0 Å². The molecule has 0 aliphatic rings. The fourth-order valence-electron chi connectivity index (χ4n) is 1.49. The lowest BCUT2D eigenvalue weighted by molar-refractivity contribution is 0.824. The van der Waals surface area contributed by atoms with Gasteiger partial charge < -0.3 is 5.32 Å². The van der Waals surface area contributed by atoms with Crippen LogP contribution < -0.4 is 5.32 Å². The Bertz CT molecular complexity index is 447. The minimum absolute atomic E-state index is 0.720. The molecule has 0 spiro atoms. The third-order valence-electron chi connectivity index (χ3n) is 2.37. The second-order valence-electron chi connectivity index (χ2n) is 3.68. The molecule has 2 rings (SSSR count). The van der Waals surface area contributed by atoms with Crippen LogP contribution in [0.3, 0.4) is 0 Å². The maximum Gasteiger partial charge on any atom is 0.243 e. The second-order valence-corrected chi connectivity index (χ2v) is 3.68. The van der Waals surface area contributed by atoms with Gasteiger partial charge in [0.2, 0.25) is 5.95 Å². The average Bonchev–Trinajstić information content (AvgIpc) is 2.63. The van der Waals surface area contributed by atoms with E-state index in [9.17, 15) is 0 Å². The molecule has 2 heterocycles. The highest BCUT2D eigenvalue weighted by Crippen LogP contribution is 2.09. The molecular weight excluding hydrogens is 188 g/mol. The van der Waals surface area contributed by atoms with Gasteiger partial charge in [0.15, 0.2) is 5.65 Å². The molecule has 0 radical (unpaired) electrons. The van der Waals surface area contributed by atoms with Crippen LogP contribution in [0.2, 0.25) is 0 Å². The number of nitrogens with one attached hydrogen (secondary N) is 1. The first-order valence-corrected chi connectivity index (χ1v) is 5.37. The number of aromatic nitrogens is 3. The van der Waals surface area contributed by atoms with Crippen LogP contribution in [0.25, 0.3) is 5.65 Å². The summed E-state index contributed by atoms with van der Waals surface area (Å²) >= 11 is 0. The van der Waals surface area contributed by atoms with Gasteiger partial charge in [-0.25, -0.2) is 4.52 Å². The van der Waals surface area contributed by atoms with Gasteiger partial charge in [0, 0.05) is 12.7 Å². The number of hydrogen-bond donors (Lipinski definition) is 1. The molecule has 1 N–H and O–H groups in total. The summed E-state index contributed by atoms with van der Waals surface area (Å²) in [5.41, 5.74) is 2.07. The van der Waals surface area contributed by atoms with Gasteiger partial charge in [-0.2, -0.15) is 4.98 Å². The number of nitrogens with zero attached hydrogens (tertiary/aromatic N) is 3. The van der Waals surface area contributed by atoms with Crippen molar-refractivity contribution >= 4 is 11.6 Å². The minimum atomic E-state index is 0.720. The van der Waals surface area contributed by atoms with Gasteiger partial charge in [0.1, 0.15) is 0 Å². The zero-order valence-corrected chi connectivity index (χ0v) is 9.20. The first-order chi connectivity index (χ1) is 7.31. The van der Waals surface area contributed by atoms with Crippen LogP contribution in [0.15, 0.2) is 18.3 Å². The van der Waals surface area contributed by atoms with Crippen molar-refractivity contribution in [3.63, 3.8) is 0 Å². The van der Waals surface area contributed by atoms with E-state index in [1.54, 1.807) is 0 Å². The van der Waals surface area contributed by atoms with Crippen molar-refractivity contribution in [2.45, 2.75) is 26.7 Å². The van der Waals surface area contributed by atoms with Crippen LogP contribution in [-0.2, 0) is 0 Å². The van der Waals surface area contributed by atoms with Crippen LogP contribution in [0.5, 0.6) is 0 Å². The maximum absolute atomic E-state index is 4.42. The number of fused-ring (bicyclic) bond motifs is 1. The van der Waals surface area contributed by atoms with Crippen LogP contribution in [0.4, 0.5) is 5.95 Å². The summed E-state index contributed by atoms with van der Waals surface area (Å²) in [5, 5.41) is 7.56. The third-order valence-corrected chi connectivity index (χ3v) is 2.37. The molecule has 4 heteroatoms. The summed E-state index contributed by atoms with van der Waals surface area (Å²) in [6.45, 7) is 5.15. The zero-order chi connectivity index (χ0) is 10.7. The molecule has 0 aliphatic carbocycles. The van der Waals surface area contributed by atoms with E-state index in [0.29, 0.717) is 0 Å². The van der Waals surface area contributed by atoms with Gasteiger partial charge in [-0.15, -0.1) is 5.10 Å². The Kier molecular flexibility index (Phi) is 2.85. The summed E-state index contributed by atoms with van der Waals surface area (Å²) in [5.74, 6) is 0.720. The van der Waals surface area contributed by atoms with E-state index in [1.807, 2.05) is 29.8 Å². The first kappa shape index (κ1) is 9.96. The molecule has 0 fully saturated rings. The Morgan fingerprint density at radius 3 is 3.07 bits per heavy atom. The number of aryl methyl sites for hydroxylation is 1. The lowest BCUT2D eigenvalue weighted by Crippen LogP contribution is -2.02. The summed E-state index contributed by atoms with van der Waals surface area (Å²) in [4.78, 5) is 4.42. The summed E-state index contributed by atoms with van der Waals surface area (Å²) in [7, 11) is 0. The number of pyridine rings is 1. The predicted octanol–water partition coefficient (Wildman–Crippen LogP) is 2.25. The van der Waals surface area contributed by atoms with E-state index in [4.69, 9.17) is 0 Å². The van der Waals surface area contributed by atoms with Crippen molar-refractivity contribution < 1.29 is 0 Å². The summed E-state index contributed by atoms with van der Waals surface area (Å²) < 4.78 is 1.81. The highest BCUT2D eigenvalue weighted by Gasteiger charge is 2.03. The SMILES string of the molecule is CCCCNc1nc2c(C)cccn2n1. The first-order valence-electron chi connectivity index (χ1n) is 5.37. The van der Waals surface area contributed by atoms with Crippen molar-refractivity contribution in [2.24, 2.45) is 0 Å². The topological polar surface area (TPSA) is 42.2 Å². The number of rotatable bonds is 4. The molecule has 0 bridgehead atoms. The molecule has 2 aromatic rings. The standard InChI is InChI=1S/C11H16N4/c1-3-4-7-12-11-13-10-9(2)6-5-8-15(10)14-11/h5-6,8H,3-4,7H2,1-2H3,(H,12,14). The molecule has 0 unspecified atom stereocenters. The second kappa shape index (κ2) is 4.29. The smallest absolute Gasteiger partial charge is 0.243 e. The Morgan fingerprint density at radius 1 is 1.47 bits per heavy atom. The quantitative estimate of drug-likeness (QED) is 0.777. The maximum atomic E-state index is 4.42. The molecule has 0 atom stereocenters. The third kappa shape index (κ3) is 2.09. The minimum Gasteiger partial charge on any atom is -0.353 e. The van der Waals surface area contributed by atoms with E-state index in [1.165, 1.54) is 6.42 Å². The molecule has 80 valence electrons. The molecule has 0 amide bonds. The van der Waals surface area contributed by atoms with Crippen molar-refractivity contribution in [1.29, 1.82) is 0 Å². The highest BCUT2D eigenvalue weighted by atomic mass is 15.3. The Hall–Kier alpha value is -1.58. The largest absolute Gasteiger partial charge is 0.353 e. The molecule has 0 saturated heterocycles. The average molecular weight is 204 g/mol. The van der Waals surface area contributed by atoms with E-state index in [-0.39, 0.29) is 0 Å². The number of hydrogen-bond acceptors (Lipinski definition) is 3. The van der Waals surface area contributed by atoms with E-state index < -0.39 is 0 Å². The molecule has 4 nitrogen and oxygen atoms in total. The van der Waals surface area contributed by atoms with Crippen LogP contribution in [-0.4, -0.2) is 21.1 Å². The zero-order valence-electron chi connectivity index (χ0n) is 9.20. The van der Waals surface area contributed by atoms with E-state index >= 15 is 0 Å². The Morgan fingerprint density at radius 2 is 2.33 bits per heavy atom. The molecule has 2 aromatic heterocycles. The van der Waals surface area contributed by atoms with Gasteiger partial charge in [0.05, 0.1) is 0 Å². The fourth-order valence-corrected chi connectivity index (χ4v) is 1.49. The number of anilines is 1. The predicted molar refractivity (Wildman–Crippen MR) is 61.1 cm³/mol. The lowest BCUT2D eigenvalue weighted by Gasteiger charge is -1.97. The van der Waals surface area contributed by atoms with Gasteiger partial charge in [-0.3, -0.25) is 0 Å². The molecule has 15 heavy (non-hydrogen) atoms. The highest BCUT2D eigenvalue weighted by molar-refractivity contribution is 5.49. The molecule has 0 aliphatic heterocycles. The van der Waals surface area contributed by atoms with Gasteiger partial charge in [-0.1, -0.05) is 19.4 Å². The molecular formula is C11H16N4. The molecule has 0 aromatic carbocycles. The normalized spacial score (nSPS) is 10.8. The van der Waals surface area contributed by atoms with Crippen LogP contribution in [0, 0.1) is 6.92 Å². The number of unbranched alkanes of at least 4 members (excludes halogenated alkanes) is 1. The fraction of sp³-hybridized carbons (Fsp3) is 0.455. The lowest BCUT2D eigenvalue weighted by atomic mass is 10.3. The van der Waals surface area contributed by atoms with Crippen molar-refractivity contribution in [1.82, 2.24) is 14.6 Å². The van der Waals surface area contributed by atoms with Gasteiger partial charge in [-0.05, 0) is 25.0 Å². The molecule has 0 saturated carbocycles. The Labute approximate surface area is 89.3 Å². The van der Waals surface area contributed by atoms with Crippen LogP contribution >= 0.6 is 0 Å². The van der Waals surface area contributed by atoms with E-state index in [0.717, 1.165) is 30.1 Å². The monoisotopic (exact) mass is 204 g/mol. The van der Waals surface area contributed by atoms with Crippen molar-refractivity contribution in [3.8, 4) is 0 Å². The van der Waals surface area contributed by atoms with Crippen LogP contribution in [0.1, 0.15) is 25.3 Å².